The number of piperidine rings is 1. The Morgan fingerprint density at radius 2 is 1.83 bits per heavy atom. The van der Waals surface area contributed by atoms with Crippen molar-refractivity contribution in [1.82, 2.24) is 4.90 Å². The summed E-state index contributed by atoms with van der Waals surface area (Å²) in [4.78, 5) is 2.56. The van der Waals surface area contributed by atoms with E-state index in [9.17, 15) is 0 Å². The van der Waals surface area contributed by atoms with Crippen LogP contribution in [0.2, 0.25) is 0 Å². The summed E-state index contributed by atoms with van der Waals surface area (Å²) in [6.07, 6.45) is 3.82. The minimum atomic E-state index is 0. The molecule has 2 N–H and O–H groups in total. The Morgan fingerprint density at radius 3 is 2.39 bits per heavy atom. The fraction of sp³-hybridized carbons (Fsp3) is 0.600. The van der Waals surface area contributed by atoms with Crippen LogP contribution in [0.1, 0.15) is 31.7 Å². The van der Waals surface area contributed by atoms with Gasteiger partial charge in [-0.2, -0.15) is 0 Å². The van der Waals surface area contributed by atoms with Crippen molar-refractivity contribution in [2.45, 2.75) is 38.8 Å². The summed E-state index contributed by atoms with van der Waals surface area (Å²) in [5, 5.41) is 0. The zero-order valence-electron chi connectivity index (χ0n) is 11.2. The molecular formula is C15H25ClN2. The number of likely N-dealkylation sites (tertiary alicyclic amines) is 1. The summed E-state index contributed by atoms with van der Waals surface area (Å²) in [5.41, 5.74) is 7.30. The molecule has 3 heteroatoms. The molecule has 0 aliphatic carbocycles. The number of halogens is 1. The lowest BCUT2D eigenvalue weighted by Crippen LogP contribution is -2.35. The highest BCUT2D eigenvalue weighted by atomic mass is 35.5. The minimum Gasteiger partial charge on any atom is -0.328 e. The molecule has 0 saturated carbocycles. The second-order valence-electron chi connectivity index (χ2n) is 5.42. The molecule has 1 saturated heterocycles. The third kappa shape index (κ3) is 4.97. The molecule has 1 aromatic rings. The Kier molecular flexibility index (Phi) is 6.69. The molecule has 0 aromatic heterocycles. The van der Waals surface area contributed by atoms with E-state index in [2.05, 4.69) is 42.2 Å². The standard InChI is InChI=1S/C15H24N2.ClH/c1-13(16)11-14-7-9-17(10-8-14)12-15-5-3-2-4-6-15;/h2-6,13-14H,7-12,16H2,1H3;1H. The molecule has 102 valence electrons. The molecule has 0 spiro atoms. The topological polar surface area (TPSA) is 29.3 Å². The van der Waals surface area contributed by atoms with Crippen molar-refractivity contribution >= 4 is 12.4 Å². The average molecular weight is 269 g/mol. The largest absolute Gasteiger partial charge is 0.328 e. The highest BCUT2D eigenvalue weighted by molar-refractivity contribution is 5.85. The molecule has 1 atom stereocenters. The van der Waals surface area contributed by atoms with Crippen molar-refractivity contribution in [3.63, 3.8) is 0 Å². The van der Waals surface area contributed by atoms with E-state index in [4.69, 9.17) is 5.73 Å². The normalized spacial score (nSPS) is 19.2. The summed E-state index contributed by atoms with van der Waals surface area (Å²) < 4.78 is 0. The van der Waals surface area contributed by atoms with Gasteiger partial charge in [0, 0.05) is 12.6 Å². The highest BCUT2D eigenvalue weighted by Gasteiger charge is 2.19. The number of hydrogen-bond donors (Lipinski definition) is 1. The van der Waals surface area contributed by atoms with Crippen LogP contribution in [0.15, 0.2) is 30.3 Å². The van der Waals surface area contributed by atoms with E-state index in [1.54, 1.807) is 0 Å². The molecule has 2 nitrogen and oxygen atoms in total. The van der Waals surface area contributed by atoms with Crippen molar-refractivity contribution in [1.29, 1.82) is 0 Å². The van der Waals surface area contributed by atoms with E-state index in [-0.39, 0.29) is 12.4 Å². The maximum absolute atomic E-state index is 5.87. The Bertz CT molecular complexity index is 319. The first-order valence-corrected chi connectivity index (χ1v) is 6.76. The molecule has 0 bridgehead atoms. The summed E-state index contributed by atoms with van der Waals surface area (Å²) in [6.45, 7) is 5.68. The van der Waals surface area contributed by atoms with Gasteiger partial charge in [0.25, 0.3) is 0 Å². The first-order valence-electron chi connectivity index (χ1n) is 6.76. The van der Waals surface area contributed by atoms with Crippen LogP contribution in [0, 0.1) is 5.92 Å². The molecule has 1 aliphatic rings. The summed E-state index contributed by atoms with van der Waals surface area (Å²) >= 11 is 0. The van der Waals surface area contributed by atoms with Gasteiger partial charge in [-0.1, -0.05) is 30.3 Å². The summed E-state index contributed by atoms with van der Waals surface area (Å²) in [7, 11) is 0. The van der Waals surface area contributed by atoms with Crippen molar-refractivity contribution in [3.8, 4) is 0 Å². The maximum Gasteiger partial charge on any atom is 0.0233 e. The Balaban J connectivity index is 0.00000162. The fourth-order valence-electron chi connectivity index (χ4n) is 2.75. The van der Waals surface area contributed by atoms with Gasteiger partial charge in [0.2, 0.25) is 0 Å². The molecule has 18 heavy (non-hydrogen) atoms. The molecule has 2 rings (SSSR count). The minimum absolute atomic E-state index is 0. The lowest BCUT2D eigenvalue weighted by Gasteiger charge is -2.32. The van der Waals surface area contributed by atoms with Crippen LogP contribution in [0.25, 0.3) is 0 Å². The molecule has 1 aromatic carbocycles. The predicted molar refractivity (Wildman–Crippen MR) is 80.0 cm³/mol. The quantitative estimate of drug-likeness (QED) is 0.909. The zero-order valence-corrected chi connectivity index (χ0v) is 12.0. The second-order valence-corrected chi connectivity index (χ2v) is 5.42. The Labute approximate surface area is 117 Å². The van der Waals surface area contributed by atoms with E-state index in [1.165, 1.54) is 37.9 Å². The van der Waals surface area contributed by atoms with Crippen molar-refractivity contribution in [3.05, 3.63) is 35.9 Å². The van der Waals surface area contributed by atoms with E-state index in [1.807, 2.05) is 0 Å². The van der Waals surface area contributed by atoms with Crippen LogP contribution in [0.5, 0.6) is 0 Å². The van der Waals surface area contributed by atoms with Gasteiger partial charge in [-0.05, 0) is 50.8 Å². The Hall–Kier alpha value is -0.570. The average Bonchev–Trinajstić information content (AvgIpc) is 2.32. The van der Waals surface area contributed by atoms with Crippen LogP contribution in [0.3, 0.4) is 0 Å². The third-order valence-electron chi connectivity index (χ3n) is 3.66. The molecule has 0 amide bonds. The maximum atomic E-state index is 5.87. The molecule has 1 fully saturated rings. The molecule has 1 aliphatic heterocycles. The van der Waals surface area contributed by atoms with Gasteiger partial charge < -0.3 is 5.73 Å². The molecular weight excluding hydrogens is 244 g/mol. The molecule has 1 heterocycles. The summed E-state index contributed by atoms with van der Waals surface area (Å²) in [5.74, 6) is 0.849. The number of nitrogens with zero attached hydrogens (tertiary/aromatic N) is 1. The second kappa shape index (κ2) is 7.78. The fourth-order valence-corrected chi connectivity index (χ4v) is 2.75. The number of nitrogens with two attached hydrogens (primary N) is 1. The van der Waals surface area contributed by atoms with Gasteiger partial charge in [-0.3, -0.25) is 4.90 Å². The SMILES string of the molecule is CC(N)CC1CCN(Cc2ccccc2)CC1.Cl. The lowest BCUT2D eigenvalue weighted by atomic mass is 9.91. The van der Waals surface area contributed by atoms with E-state index < -0.39 is 0 Å². The van der Waals surface area contributed by atoms with E-state index in [0.717, 1.165) is 12.5 Å². The first-order chi connectivity index (χ1) is 8.24. The van der Waals surface area contributed by atoms with Gasteiger partial charge in [-0.25, -0.2) is 0 Å². The van der Waals surface area contributed by atoms with Gasteiger partial charge >= 0.3 is 0 Å². The van der Waals surface area contributed by atoms with Crippen molar-refractivity contribution in [2.24, 2.45) is 11.7 Å². The van der Waals surface area contributed by atoms with Crippen molar-refractivity contribution in [2.75, 3.05) is 13.1 Å². The number of benzene rings is 1. The molecule has 1 unspecified atom stereocenters. The number of hydrogen-bond acceptors (Lipinski definition) is 2. The lowest BCUT2D eigenvalue weighted by molar-refractivity contribution is 0.169. The number of rotatable bonds is 4. The van der Waals surface area contributed by atoms with Crippen LogP contribution >= 0.6 is 12.4 Å². The van der Waals surface area contributed by atoms with E-state index in [0.29, 0.717) is 6.04 Å². The van der Waals surface area contributed by atoms with Crippen LogP contribution < -0.4 is 5.73 Å². The summed E-state index contributed by atoms with van der Waals surface area (Å²) in [6, 6.07) is 11.1. The van der Waals surface area contributed by atoms with E-state index >= 15 is 0 Å². The molecule has 0 radical (unpaired) electrons. The third-order valence-corrected chi connectivity index (χ3v) is 3.66. The Morgan fingerprint density at radius 1 is 1.22 bits per heavy atom. The monoisotopic (exact) mass is 268 g/mol. The van der Waals surface area contributed by atoms with Gasteiger partial charge in [-0.15, -0.1) is 12.4 Å². The van der Waals surface area contributed by atoms with Gasteiger partial charge in [0.1, 0.15) is 0 Å². The van der Waals surface area contributed by atoms with Crippen LogP contribution in [-0.4, -0.2) is 24.0 Å². The van der Waals surface area contributed by atoms with Crippen molar-refractivity contribution < 1.29 is 0 Å². The first kappa shape index (κ1) is 15.5. The predicted octanol–water partition coefficient (Wildman–Crippen LogP) is 3.06. The zero-order chi connectivity index (χ0) is 12.1. The smallest absolute Gasteiger partial charge is 0.0233 e. The van der Waals surface area contributed by atoms with Gasteiger partial charge in [0.05, 0.1) is 0 Å². The van der Waals surface area contributed by atoms with Crippen LogP contribution in [0.4, 0.5) is 0 Å². The van der Waals surface area contributed by atoms with Crippen LogP contribution in [-0.2, 0) is 6.54 Å². The van der Waals surface area contributed by atoms with Gasteiger partial charge in [0.15, 0.2) is 0 Å². The highest BCUT2D eigenvalue weighted by Crippen LogP contribution is 2.22.